The summed E-state index contributed by atoms with van der Waals surface area (Å²) in [5, 5.41) is 2.78. The molecule has 0 aliphatic carbocycles. The molecule has 0 aliphatic heterocycles. The van der Waals surface area contributed by atoms with Crippen LogP contribution in [0.2, 0.25) is 0 Å². The van der Waals surface area contributed by atoms with E-state index in [9.17, 15) is 9.59 Å². The molecule has 2 aromatic heterocycles. The minimum absolute atomic E-state index is 0.121. The number of fused-ring (bicyclic) bond motifs is 3. The molecule has 0 saturated carbocycles. The van der Waals surface area contributed by atoms with Crippen LogP contribution in [0, 0.1) is 13.8 Å². The van der Waals surface area contributed by atoms with Crippen LogP contribution in [0.5, 0.6) is 11.5 Å². The summed E-state index contributed by atoms with van der Waals surface area (Å²) in [7, 11) is 1.53. The Hall–Kier alpha value is -3.69. The summed E-state index contributed by atoms with van der Waals surface area (Å²) in [6, 6.07) is 16.7. The number of carbonyl (C=O) groups is 1. The summed E-state index contributed by atoms with van der Waals surface area (Å²) in [5.74, 6) is 0.567. The quantitative estimate of drug-likeness (QED) is 0.319. The molecule has 1 N–H and O–H groups in total. The Morgan fingerprint density at radius 2 is 1.86 bits per heavy atom. The first kappa shape index (κ1) is 24.0. The van der Waals surface area contributed by atoms with Gasteiger partial charge < -0.3 is 14.8 Å². The highest BCUT2D eigenvalue weighted by atomic mass is 79.9. The van der Waals surface area contributed by atoms with Crippen molar-refractivity contribution < 1.29 is 14.3 Å². The van der Waals surface area contributed by atoms with Crippen molar-refractivity contribution >= 4 is 60.9 Å². The first-order chi connectivity index (χ1) is 17.3. The number of aryl methyl sites for hydroxylation is 2. The van der Waals surface area contributed by atoms with E-state index in [1.807, 2.05) is 44.2 Å². The van der Waals surface area contributed by atoms with Gasteiger partial charge in [-0.3, -0.25) is 9.59 Å². The molecule has 0 aliphatic rings. The van der Waals surface area contributed by atoms with Crippen molar-refractivity contribution in [2.75, 3.05) is 19.0 Å². The molecule has 0 radical (unpaired) electrons. The van der Waals surface area contributed by atoms with Crippen LogP contribution in [-0.2, 0) is 4.79 Å². The van der Waals surface area contributed by atoms with Gasteiger partial charge in [-0.1, -0.05) is 45.5 Å². The number of methoxy groups -OCH3 is 1. The minimum Gasteiger partial charge on any atom is -0.493 e. The second kappa shape index (κ2) is 9.75. The van der Waals surface area contributed by atoms with Gasteiger partial charge in [-0.05, 0) is 73.0 Å². The second-order valence-corrected chi connectivity index (χ2v) is 10.2. The average Bonchev–Trinajstić information content (AvgIpc) is 3.35. The van der Waals surface area contributed by atoms with Crippen LogP contribution >= 0.6 is 27.3 Å². The van der Waals surface area contributed by atoms with E-state index >= 15 is 0 Å². The molecule has 0 spiro atoms. The van der Waals surface area contributed by atoms with Gasteiger partial charge in [0.1, 0.15) is 0 Å². The number of halogens is 1. The zero-order chi connectivity index (χ0) is 25.4. The molecule has 7 nitrogen and oxygen atoms in total. The van der Waals surface area contributed by atoms with Crippen molar-refractivity contribution in [2.24, 2.45) is 0 Å². The van der Waals surface area contributed by atoms with Crippen LogP contribution in [0.25, 0.3) is 22.1 Å². The standard InChI is InChI=1S/C27H22BrN3O4S/c1-15-9-20-21(10-16(15)2)31-26(33)24(36-27(31)30-20)12-17-11-22(34-3)23(13-19(17)28)35-14-25(32)29-18-7-5-4-6-8-18/h4-13H,14H2,1-3H3,(H,29,32)/b24-12-. The Labute approximate surface area is 219 Å². The molecule has 0 atom stereocenters. The van der Waals surface area contributed by atoms with E-state index in [1.165, 1.54) is 18.4 Å². The number of hydrogen-bond donors (Lipinski definition) is 1. The van der Waals surface area contributed by atoms with Gasteiger partial charge in [0.15, 0.2) is 23.1 Å². The topological polar surface area (TPSA) is 81.9 Å². The minimum atomic E-state index is -0.286. The number of rotatable bonds is 6. The van der Waals surface area contributed by atoms with Crippen LogP contribution in [0.1, 0.15) is 16.7 Å². The predicted octanol–water partition coefficient (Wildman–Crippen LogP) is 4.86. The molecule has 5 rings (SSSR count). The third-order valence-electron chi connectivity index (χ3n) is 5.84. The number of benzene rings is 3. The normalized spacial score (nSPS) is 11.8. The van der Waals surface area contributed by atoms with E-state index in [4.69, 9.17) is 9.47 Å². The highest BCUT2D eigenvalue weighted by molar-refractivity contribution is 9.10. The summed E-state index contributed by atoms with van der Waals surface area (Å²) in [5.41, 5.74) is 5.19. The van der Waals surface area contributed by atoms with Gasteiger partial charge in [-0.2, -0.15) is 0 Å². The lowest BCUT2D eigenvalue weighted by Crippen LogP contribution is -2.22. The number of thiazole rings is 1. The van der Waals surface area contributed by atoms with Crippen LogP contribution in [-0.4, -0.2) is 29.0 Å². The lowest BCUT2D eigenvalue weighted by atomic mass is 10.1. The van der Waals surface area contributed by atoms with Crippen molar-refractivity contribution in [3.8, 4) is 11.5 Å². The van der Waals surface area contributed by atoms with E-state index in [1.54, 1.807) is 34.7 Å². The van der Waals surface area contributed by atoms with Crippen molar-refractivity contribution in [2.45, 2.75) is 13.8 Å². The smallest absolute Gasteiger partial charge is 0.274 e. The summed E-state index contributed by atoms with van der Waals surface area (Å²) in [6.07, 6.45) is 1.80. The fourth-order valence-electron chi connectivity index (χ4n) is 3.86. The monoisotopic (exact) mass is 563 g/mol. The lowest BCUT2D eigenvalue weighted by Gasteiger charge is -2.13. The Kier molecular flexibility index (Phi) is 6.51. The van der Waals surface area contributed by atoms with Crippen molar-refractivity contribution in [3.05, 3.63) is 90.6 Å². The Balaban J connectivity index is 1.44. The largest absolute Gasteiger partial charge is 0.493 e. The van der Waals surface area contributed by atoms with Gasteiger partial charge in [0.2, 0.25) is 0 Å². The van der Waals surface area contributed by atoms with Crippen LogP contribution < -0.4 is 24.9 Å². The Morgan fingerprint density at radius 1 is 1.11 bits per heavy atom. The maximum absolute atomic E-state index is 13.3. The number of ether oxygens (including phenoxy) is 2. The third-order valence-corrected chi connectivity index (χ3v) is 7.50. The van der Waals surface area contributed by atoms with Crippen LogP contribution in [0.15, 0.2) is 63.9 Å². The first-order valence-electron chi connectivity index (χ1n) is 11.1. The zero-order valence-electron chi connectivity index (χ0n) is 19.8. The molecule has 0 saturated heterocycles. The fraction of sp³-hybridized carbons (Fsp3) is 0.148. The number of nitrogens with zero attached hydrogens (tertiary/aromatic N) is 2. The van der Waals surface area contributed by atoms with Crippen LogP contribution in [0.4, 0.5) is 5.69 Å². The SMILES string of the molecule is COc1cc(/C=c2\sc3nc4cc(C)c(C)cc4n3c2=O)c(Br)cc1OCC(=O)Nc1ccccc1. The fourth-order valence-corrected chi connectivity index (χ4v) is 5.27. The lowest BCUT2D eigenvalue weighted by molar-refractivity contribution is -0.118. The summed E-state index contributed by atoms with van der Waals surface area (Å²) < 4.78 is 14.1. The molecule has 0 bridgehead atoms. The predicted molar refractivity (Wildman–Crippen MR) is 146 cm³/mol. The maximum atomic E-state index is 13.3. The number of carbonyl (C=O) groups excluding carboxylic acids is 1. The Bertz CT molecular complexity index is 1730. The molecule has 36 heavy (non-hydrogen) atoms. The molecule has 1 amide bonds. The highest BCUT2D eigenvalue weighted by Crippen LogP contribution is 2.34. The molecule has 3 aromatic carbocycles. The molecule has 9 heteroatoms. The molecular weight excluding hydrogens is 542 g/mol. The number of anilines is 1. The number of para-hydroxylation sites is 1. The number of aromatic nitrogens is 2. The molecule has 0 fully saturated rings. The zero-order valence-corrected chi connectivity index (χ0v) is 22.2. The second-order valence-electron chi connectivity index (χ2n) is 8.30. The number of imidazole rings is 1. The summed E-state index contributed by atoms with van der Waals surface area (Å²) in [4.78, 5) is 30.8. The van der Waals surface area contributed by atoms with E-state index in [0.717, 1.165) is 27.7 Å². The van der Waals surface area contributed by atoms with Crippen molar-refractivity contribution in [1.82, 2.24) is 9.38 Å². The molecule has 5 aromatic rings. The molecule has 182 valence electrons. The van der Waals surface area contributed by atoms with Gasteiger partial charge in [0.25, 0.3) is 11.5 Å². The first-order valence-corrected chi connectivity index (χ1v) is 12.7. The maximum Gasteiger partial charge on any atom is 0.274 e. The average molecular weight is 564 g/mol. The number of amides is 1. The van der Waals surface area contributed by atoms with E-state index in [0.29, 0.717) is 31.2 Å². The van der Waals surface area contributed by atoms with Gasteiger partial charge in [-0.15, -0.1) is 0 Å². The molecule has 2 heterocycles. The van der Waals surface area contributed by atoms with Gasteiger partial charge in [0.05, 0.1) is 22.7 Å². The van der Waals surface area contributed by atoms with Gasteiger partial charge >= 0.3 is 0 Å². The van der Waals surface area contributed by atoms with Gasteiger partial charge in [0, 0.05) is 10.2 Å². The van der Waals surface area contributed by atoms with E-state index in [-0.39, 0.29) is 18.1 Å². The summed E-state index contributed by atoms with van der Waals surface area (Å²) in [6.45, 7) is 3.88. The number of nitrogens with one attached hydrogen (secondary N) is 1. The van der Waals surface area contributed by atoms with Crippen molar-refractivity contribution in [3.63, 3.8) is 0 Å². The van der Waals surface area contributed by atoms with Gasteiger partial charge in [-0.25, -0.2) is 9.38 Å². The Morgan fingerprint density at radius 3 is 2.61 bits per heavy atom. The van der Waals surface area contributed by atoms with E-state index in [2.05, 4.69) is 26.2 Å². The molecular formula is C27H22BrN3O4S. The number of hydrogen-bond acceptors (Lipinski definition) is 6. The highest BCUT2D eigenvalue weighted by Gasteiger charge is 2.15. The third kappa shape index (κ3) is 4.59. The molecule has 0 unspecified atom stereocenters. The van der Waals surface area contributed by atoms with E-state index < -0.39 is 0 Å². The van der Waals surface area contributed by atoms with Crippen LogP contribution in [0.3, 0.4) is 0 Å². The van der Waals surface area contributed by atoms with Crippen molar-refractivity contribution in [1.29, 1.82) is 0 Å². The summed E-state index contributed by atoms with van der Waals surface area (Å²) >= 11 is 4.89.